The Hall–Kier alpha value is -2.40. The molecule has 0 fully saturated rings. The van der Waals surface area contributed by atoms with E-state index in [0.717, 1.165) is 11.1 Å². The highest BCUT2D eigenvalue weighted by molar-refractivity contribution is 6.31. The van der Waals surface area contributed by atoms with E-state index in [4.69, 9.17) is 21.9 Å². The molecule has 0 aliphatic carbocycles. The molecule has 6 heteroatoms. The lowest BCUT2D eigenvalue weighted by atomic mass is 10.1. The van der Waals surface area contributed by atoms with Crippen LogP contribution in [0.2, 0.25) is 5.02 Å². The molecule has 3 aromatic rings. The highest BCUT2D eigenvalue weighted by Gasteiger charge is 2.11. The van der Waals surface area contributed by atoms with Crippen molar-refractivity contribution in [3.05, 3.63) is 64.7 Å². The summed E-state index contributed by atoms with van der Waals surface area (Å²) in [7, 11) is 0. The topological polar surface area (TPSA) is 64.9 Å². The van der Waals surface area contributed by atoms with E-state index in [1.165, 1.54) is 12.1 Å². The molecule has 0 aliphatic heterocycles. The van der Waals surface area contributed by atoms with Crippen LogP contribution in [0.15, 0.2) is 47.0 Å². The maximum atomic E-state index is 13.0. The Morgan fingerprint density at radius 1 is 1.14 bits per heavy atom. The molecule has 0 radical (unpaired) electrons. The van der Waals surface area contributed by atoms with Crippen LogP contribution in [0.25, 0.3) is 11.5 Å². The first-order valence-corrected chi connectivity index (χ1v) is 6.62. The van der Waals surface area contributed by atoms with Crippen LogP contribution in [0.3, 0.4) is 0 Å². The van der Waals surface area contributed by atoms with Crippen LogP contribution in [-0.2, 0) is 6.42 Å². The van der Waals surface area contributed by atoms with Gasteiger partial charge in [0.2, 0.25) is 0 Å². The maximum absolute atomic E-state index is 13.0. The average molecular weight is 304 g/mol. The number of anilines is 1. The Morgan fingerprint density at radius 3 is 2.62 bits per heavy atom. The predicted molar refractivity (Wildman–Crippen MR) is 78.4 cm³/mol. The summed E-state index contributed by atoms with van der Waals surface area (Å²) >= 11 is 5.98. The summed E-state index contributed by atoms with van der Waals surface area (Å²) in [5.74, 6) is 0.512. The van der Waals surface area contributed by atoms with Crippen molar-refractivity contribution in [2.24, 2.45) is 0 Å². The summed E-state index contributed by atoms with van der Waals surface area (Å²) in [6, 6.07) is 11.3. The molecule has 1 aromatic heterocycles. The normalized spacial score (nSPS) is 10.8. The number of nitrogens with two attached hydrogens (primary N) is 1. The number of hydrogen-bond acceptors (Lipinski definition) is 4. The third-order valence-electron chi connectivity index (χ3n) is 2.99. The van der Waals surface area contributed by atoms with Gasteiger partial charge in [0.25, 0.3) is 5.89 Å². The summed E-state index contributed by atoms with van der Waals surface area (Å²) < 4.78 is 18.2. The molecule has 1 heterocycles. The molecule has 0 unspecified atom stereocenters. The molecule has 2 aromatic carbocycles. The number of benzene rings is 2. The zero-order valence-electron chi connectivity index (χ0n) is 10.9. The summed E-state index contributed by atoms with van der Waals surface area (Å²) in [6.07, 6.45) is 0.373. The van der Waals surface area contributed by atoms with Crippen LogP contribution >= 0.6 is 11.6 Å². The van der Waals surface area contributed by atoms with Crippen molar-refractivity contribution in [1.29, 1.82) is 0 Å². The van der Waals surface area contributed by atoms with Crippen LogP contribution in [0.1, 0.15) is 11.4 Å². The number of nitrogens with zero attached hydrogens (tertiary/aromatic N) is 2. The van der Waals surface area contributed by atoms with Crippen LogP contribution in [0.4, 0.5) is 10.1 Å². The van der Waals surface area contributed by atoms with E-state index < -0.39 is 0 Å². The minimum absolute atomic E-state index is 0.342. The van der Waals surface area contributed by atoms with E-state index in [0.29, 0.717) is 28.8 Å². The number of hydrogen-bond donors (Lipinski definition) is 1. The van der Waals surface area contributed by atoms with Crippen LogP contribution < -0.4 is 5.73 Å². The molecule has 0 saturated heterocycles. The van der Waals surface area contributed by atoms with Gasteiger partial charge in [0.15, 0.2) is 5.82 Å². The van der Waals surface area contributed by atoms with E-state index in [9.17, 15) is 4.39 Å². The lowest BCUT2D eigenvalue weighted by Gasteiger charge is -2.00. The second-order valence-corrected chi connectivity index (χ2v) is 4.96. The first-order chi connectivity index (χ1) is 10.1. The van der Waals surface area contributed by atoms with Gasteiger partial charge in [-0.05, 0) is 42.0 Å². The van der Waals surface area contributed by atoms with E-state index in [-0.39, 0.29) is 5.82 Å². The van der Waals surface area contributed by atoms with Crippen LogP contribution in [-0.4, -0.2) is 10.1 Å². The zero-order chi connectivity index (χ0) is 14.8. The van der Waals surface area contributed by atoms with Gasteiger partial charge in [0, 0.05) is 22.7 Å². The van der Waals surface area contributed by atoms with Gasteiger partial charge in [-0.25, -0.2) is 4.39 Å². The SMILES string of the molecule is Nc1ccc(-c2nc(Cc3ccc(F)cc3Cl)no2)cc1. The Bertz CT molecular complexity index is 771. The van der Waals surface area contributed by atoms with Gasteiger partial charge < -0.3 is 10.3 Å². The molecule has 2 N–H and O–H groups in total. The molecule has 106 valence electrons. The molecule has 0 saturated carbocycles. The highest BCUT2D eigenvalue weighted by atomic mass is 35.5. The molecular weight excluding hydrogens is 293 g/mol. The fraction of sp³-hybridized carbons (Fsp3) is 0.0667. The molecule has 0 amide bonds. The summed E-state index contributed by atoms with van der Waals surface area (Å²) in [4.78, 5) is 4.30. The monoisotopic (exact) mass is 303 g/mol. The van der Waals surface area contributed by atoms with Crippen molar-refractivity contribution in [2.45, 2.75) is 6.42 Å². The quantitative estimate of drug-likeness (QED) is 0.749. The van der Waals surface area contributed by atoms with E-state index in [1.54, 1.807) is 30.3 Å². The lowest BCUT2D eigenvalue weighted by molar-refractivity contribution is 0.424. The predicted octanol–water partition coefficient (Wildman–Crippen LogP) is 3.70. The summed E-state index contributed by atoms with van der Waals surface area (Å²) in [5, 5.41) is 4.25. The second-order valence-electron chi connectivity index (χ2n) is 4.55. The Balaban J connectivity index is 1.83. The van der Waals surface area contributed by atoms with Gasteiger partial charge in [0.05, 0.1) is 0 Å². The molecule has 0 aliphatic rings. The number of halogens is 2. The van der Waals surface area contributed by atoms with Crippen molar-refractivity contribution in [1.82, 2.24) is 10.1 Å². The zero-order valence-corrected chi connectivity index (χ0v) is 11.6. The molecule has 3 rings (SSSR count). The highest BCUT2D eigenvalue weighted by Crippen LogP contribution is 2.22. The van der Waals surface area contributed by atoms with Gasteiger partial charge in [0.1, 0.15) is 5.82 Å². The Morgan fingerprint density at radius 2 is 1.90 bits per heavy atom. The number of aromatic nitrogens is 2. The van der Waals surface area contributed by atoms with Crippen LogP contribution in [0, 0.1) is 5.82 Å². The maximum Gasteiger partial charge on any atom is 0.257 e. The molecule has 0 spiro atoms. The van der Waals surface area contributed by atoms with Gasteiger partial charge in [-0.3, -0.25) is 0 Å². The van der Waals surface area contributed by atoms with Crippen molar-refractivity contribution in [3.63, 3.8) is 0 Å². The van der Waals surface area contributed by atoms with Crippen molar-refractivity contribution in [3.8, 4) is 11.5 Å². The Labute approximate surface area is 125 Å². The van der Waals surface area contributed by atoms with Crippen molar-refractivity contribution in [2.75, 3.05) is 5.73 Å². The fourth-order valence-electron chi connectivity index (χ4n) is 1.90. The molecular formula is C15H11ClFN3O. The fourth-order valence-corrected chi connectivity index (χ4v) is 2.14. The Kier molecular flexibility index (Phi) is 3.58. The first-order valence-electron chi connectivity index (χ1n) is 6.24. The third kappa shape index (κ3) is 3.03. The van der Waals surface area contributed by atoms with Crippen molar-refractivity contribution >= 4 is 17.3 Å². The van der Waals surface area contributed by atoms with E-state index in [2.05, 4.69) is 10.1 Å². The molecule has 0 bridgehead atoms. The second kappa shape index (κ2) is 5.54. The minimum Gasteiger partial charge on any atom is -0.399 e. The standard InChI is InChI=1S/C15H11ClFN3O/c16-13-8-11(17)4-1-10(13)7-14-19-15(21-20-14)9-2-5-12(18)6-3-9/h1-6,8H,7,18H2. The molecule has 4 nitrogen and oxygen atoms in total. The largest absolute Gasteiger partial charge is 0.399 e. The van der Waals surface area contributed by atoms with Gasteiger partial charge in [-0.2, -0.15) is 4.98 Å². The third-order valence-corrected chi connectivity index (χ3v) is 3.34. The summed E-state index contributed by atoms with van der Waals surface area (Å²) in [6.45, 7) is 0. The minimum atomic E-state index is -0.376. The average Bonchev–Trinajstić information content (AvgIpc) is 2.91. The van der Waals surface area contributed by atoms with Crippen LogP contribution in [0.5, 0.6) is 0 Å². The molecule has 0 atom stereocenters. The van der Waals surface area contributed by atoms with Crippen molar-refractivity contribution < 1.29 is 8.91 Å². The van der Waals surface area contributed by atoms with E-state index >= 15 is 0 Å². The summed E-state index contributed by atoms with van der Waals surface area (Å²) in [5.41, 5.74) is 7.82. The number of nitrogen functional groups attached to an aromatic ring is 1. The van der Waals surface area contributed by atoms with Gasteiger partial charge in [-0.1, -0.05) is 22.8 Å². The van der Waals surface area contributed by atoms with E-state index in [1.807, 2.05) is 0 Å². The van der Waals surface area contributed by atoms with Gasteiger partial charge in [-0.15, -0.1) is 0 Å². The smallest absolute Gasteiger partial charge is 0.257 e. The van der Waals surface area contributed by atoms with Gasteiger partial charge >= 0.3 is 0 Å². The number of rotatable bonds is 3. The lowest BCUT2D eigenvalue weighted by Crippen LogP contribution is -1.92. The first kappa shape index (κ1) is 13.6. The molecule has 21 heavy (non-hydrogen) atoms.